The molecule has 1 aromatic rings. The van der Waals surface area contributed by atoms with E-state index in [0.29, 0.717) is 6.42 Å². The van der Waals surface area contributed by atoms with Crippen molar-refractivity contribution in [2.24, 2.45) is 0 Å². The molecule has 3 nitrogen and oxygen atoms in total. The summed E-state index contributed by atoms with van der Waals surface area (Å²) in [6.07, 6.45) is 4.12. The summed E-state index contributed by atoms with van der Waals surface area (Å²) < 4.78 is 1.10. The molecule has 0 aliphatic carbocycles. The maximum absolute atomic E-state index is 12.1. The number of carbonyl (C=O) groups is 1. The van der Waals surface area contributed by atoms with Crippen molar-refractivity contribution in [2.45, 2.75) is 25.7 Å². The third-order valence-corrected chi connectivity index (χ3v) is 4.57. The van der Waals surface area contributed by atoms with Gasteiger partial charge in [0.25, 0.3) is 0 Å². The lowest BCUT2D eigenvalue weighted by Gasteiger charge is -2.31. The summed E-state index contributed by atoms with van der Waals surface area (Å²) in [4.78, 5) is 16.6. The lowest BCUT2D eigenvalue weighted by atomic mass is 10.0. The van der Waals surface area contributed by atoms with Crippen molar-refractivity contribution in [1.82, 2.24) is 4.90 Å². The minimum absolute atomic E-state index is 0.272. The van der Waals surface area contributed by atoms with Crippen molar-refractivity contribution < 1.29 is 4.79 Å². The quantitative estimate of drug-likeness (QED) is 0.854. The van der Waals surface area contributed by atoms with Crippen molar-refractivity contribution in [2.75, 3.05) is 31.1 Å². The van der Waals surface area contributed by atoms with Crippen molar-refractivity contribution in [1.29, 1.82) is 0 Å². The molecule has 0 spiro atoms. The number of nitrogens with zero attached hydrogens (tertiary/aromatic N) is 2. The Hall–Kier alpha value is -0.870. The Kier molecular flexibility index (Phi) is 3.89. The van der Waals surface area contributed by atoms with Gasteiger partial charge in [-0.3, -0.25) is 4.79 Å². The molecule has 1 amide bonds. The molecule has 2 heterocycles. The van der Waals surface area contributed by atoms with E-state index in [-0.39, 0.29) is 5.91 Å². The zero-order valence-electron chi connectivity index (χ0n) is 11.1. The summed E-state index contributed by atoms with van der Waals surface area (Å²) >= 11 is 3.51. The first-order valence-electron chi connectivity index (χ1n) is 7.05. The Balaban J connectivity index is 1.74. The Bertz CT molecular complexity index is 483. The molecule has 0 saturated carbocycles. The topological polar surface area (TPSA) is 23.6 Å². The highest BCUT2D eigenvalue weighted by Crippen LogP contribution is 2.30. The van der Waals surface area contributed by atoms with E-state index in [1.54, 1.807) is 0 Å². The number of rotatable bonds is 3. The second kappa shape index (κ2) is 5.63. The predicted molar refractivity (Wildman–Crippen MR) is 80.5 cm³/mol. The molecular formula is C15H19BrN2O. The average molecular weight is 323 g/mol. The lowest BCUT2D eigenvalue weighted by molar-refractivity contribution is -0.118. The van der Waals surface area contributed by atoms with Gasteiger partial charge in [0.2, 0.25) is 5.91 Å². The van der Waals surface area contributed by atoms with Crippen LogP contribution in [0.4, 0.5) is 5.69 Å². The van der Waals surface area contributed by atoms with Crippen LogP contribution in [0.25, 0.3) is 0 Å². The number of fused-ring (bicyclic) bond motifs is 1. The second-order valence-corrected chi connectivity index (χ2v) is 6.28. The van der Waals surface area contributed by atoms with E-state index in [0.717, 1.165) is 29.7 Å². The highest BCUT2D eigenvalue weighted by atomic mass is 79.9. The molecule has 0 atom stereocenters. The van der Waals surface area contributed by atoms with Gasteiger partial charge >= 0.3 is 0 Å². The molecule has 0 unspecified atom stereocenters. The van der Waals surface area contributed by atoms with Gasteiger partial charge in [0.1, 0.15) is 0 Å². The SMILES string of the molecule is O=C1CCc2cc(Br)ccc2N1CCN1CCCC1. The number of halogens is 1. The maximum Gasteiger partial charge on any atom is 0.227 e. The van der Waals surface area contributed by atoms with Gasteiger partial charge in [-0.1, -0.05) is 15.9 Å². The Labute approximate surface area is 122 Å². The van der Waals surface area contributed by atoms with E-state index in [2.05, 4.69) is 33.0 Å². The van der Waals surface area contributed by atoms with Crippen LogP contribution >= 0.6 is 15.9 Å². The van der Waals surface area contributed by atoms with Crippen LogP contribution in [0.2, 0.25) is 0 Å². The number of benzene rings is 1. The van der Waals surface area contributed by atoms with Crippen molar-refractivity contribution in [3.05, 3.63) is 28.2 Å². The average Bonchev–Trinajstić information content (AvgIpc) is 2.91. The van der Waals surface area contributed by atoms with Crippen LogP contribution in [0.15, 0.2) is 22.7 Å². The summed E-state index contributed by atoms with van der Waals surface area (Å²) in [7, 11) is 0. The van der Waals surface area contributed by atoms with Gasteiger partial charge in [-0.25, -0.2) is 0 Å². The standard InChI is InChI=1S/C15H19BrN2O/c16-13-4-5-14-12(11-13)3-6-15(19)18(14)10-9-17-7-1-2-8-17/h4-5,11H,1-3,6-10H2. The molecule has 1 aromatic carbocycles. The number of amides is 1. The summed E-state index contributed by atoms with van der Waals surface area (Å²) in [6, 6.07) is 6.24. The highest BCUT2D eigenvalue weighted by Gasteiger charge is 2.24. The van der Waals surface area contributed by atoms with Crippen molar-refractivity contribution in [3.63, 3.8) is 0 Å². The Morgan fingerprint density at radius 2 is 1.89 bits per heavy atom. The van der Waals surface area contributed by atoms with Gasteiger partial charge < -0.3 is 9.80 Å². The van der Waals surface area contributed by atoms with Gasteiger partial charge in [-0.15, -0.1) is 0 Å². The van der Waals surface area contributed by atoms with E-state index in [4.69, 9.17) is 0 Å². The van der Waals surface area contributed by atoms with E-state index in [1.807, 2.05) is 11.0 Å². The molecule has 1 saturated heterocycles. The molecule has 2 aliphatic rings. The summed E-state index contributed by atoms with van der Waals surface area (Å²) in [5.41, 5.74) is 2.40. The number of hydrogen-bond acceptors (Lipinski definition) is 2. The van der Waals surface area contributed by atoms with Gasteiger partial charge in [-0.05, 0) is 56.1 Å². The van der Waals surface area contributed by atoms with E-state index in [9.17, 15) is 4.79 Å². The number of aryl methyl sites for hydroxylation is 1. The fourth-order valence-electron chi connectivity index (χ4n) is 3.02. The number of likely N-dealkylation sites (tertiary alicyclic amines) is 1. The smallest absolute Gasteiger partial charge is 0.227 e. The van der Waals surface area contributed by atoms with Crippen LogP contribution < -0.4 is 4.90 Å². The molecule has 0 bridgehead atoms. The predicted octanol–water partition coefficient (Wildman–Crippen LogP) is 2.82. The van der Waals surface area contributed by atoms with Crippen LogP contribution in [-0.4, -0.2) is 37.0 Å². The lowest BCUT2D eigenvalue weighted by Crippen LogP contribution is -2.40. The summed E-state index contributed by atoms with van der Waals surface area (Å²) in [5, 5.41) is 0. The molecule has 0 radical (unpaired) electrons. The first-order chi connectivity index (χ1) is 9.24. The summed E-state index contributed by atoms with van der Waals surface area (Å²) in [6.45, 7) is 4.21. The molecule has 3 rings (SSSR count). The van der Waals surface area contributed by atoms with Crippen LogP contribution in [0, 0.1) is 0 Å². The van der Waals surface area contributed by atoms with Gasteiger partial charge in [-0.2, -0.15) is 0 Å². The molecule has 4 heteroatoms. The second-order valence-electron chi connectivity index (χ2n) is 5.37. The van der Waals surface area contributed by atoms with E-state index >= 15 is 0 Å². The minimum Gasteiger partial charge on any atom is -0.311 e. The zero-order chi connectivity index (χ0) is 13.2. The van der Waals surface area contributed by atoms with Crippen LogP contribution in [-0.2, 0) is 11.2 Å². The number of anilines is 1. The third-order valence-electron chi connectivity index (χ3n) is 4.08. The fourth-order valence-corrected chi connectivity index (χ4v) is 3.43. The van der Waals surface area contributed by atoms with Crippen LogP contribution in [0.1, 0.15) is 24.8 Å². The highest BCUT2D eigenvalue weighted by molar-refractivity contribution is 9.10. The minimum atomic E-state index is 0.272. The number of carbonyl (C=O) groups excluding carboxylic acids is 1. The van der Waals surface area contributed by atoms with Gasteiger partial charge in [0.05, 0.1) is 0 Å². The molecular weight excluding hydrogens is 304 g/mol. The summed E-state index contributed by atoms with van der Waals surface area (Å²) in [5.74, 6) is 0.272. The molecule has 2 aliphatic heterocycles. The number of hydrogen-bond donors (Lipinski definition) is 0. The van der Waals surface area contributed by atoms with Crippen molar-refractivity contribution in [3.8, 4) is 0 Å². The monoisotopic (exact) mass is 322 g/mol. The van der Waals surface area contributed by atoms with Gasteiger partial charge in [0, 0.05) is 29.7 Å². The molecule has 0 aromatic heterocycles. The molecule has 19 heavy (non-hydrogen) atoms. The molecule has 0 N–H and O–H groups in total. The first-order valence-corrected chi connectivity index (χ1v) is 7.84. The van der Waals surface area contributed by atoms with Crippen molar-refractivity contribution >= 4 is 27.5 Å². The first kappa shape index (κ1) is 13.1. The van der Waals surface area contributed by atoms with Crippen LogP contribution in [0.3, 0.4) is 0 Å². The molecule has 1 fully saturated rings. The van der Waals surface area contributed by atoms with Crippen LogP contribution in [0.5, 0.6) is 0 Å². The fraction of sp³-hybridized carbons (Fsp3) is 0.533. The van der Waals surface area contributed by atoms with E-state index in [1.165, 1.54) is 31.5 Å². The van der Waals surface area contributed by atoms with E-state index < -0.39 is 0 Å². The molecule has 102 valence electrons. The Morgan fingerprint density at radius 1 is 1.11 bits per heavy atom. The normalized spacial score (nSPS) is 19.8. The maximum atomic E-state index is 12.1. The Morgan fingerprint density at radius 3 is 2.68 bits per heavy atom. The largest absolute Gasteiger partial charge is 0.311 e. The third kappa shape index (κ3) is 2.84. The van der Waals surface area contributed by atoms with Gasteiger partial charge in [0.15, 0.2) is 0 Å². The zero-order valence-corrected chi connectivity index (χ0v) is 12.7.